The molecule has 0 aliphatic carbocycles. The summed E-state index contributed by atoms with van der Waals surface area (Å²) in [5.41, 5.74) is 4.32. The lowest BCUT2D eigenvalue weighted by atomic mass is 10.0. The second kappa shape index (κ2) is 14.8. The number of hydrogen-bond acceptors (Lipinski definition) is 14. The van der Waals surface area contributed by atoms with Crippen molar-refractivity contribution >= 4 is 68.6 Å². The van der Waals surface area contributed by atoms with Crippen LogP contribution in [0.4, 0.5) is 5.13 Å². The molecular weight excluding hydrogens is 745 g/mol. The standard InChI is InChI=1S/C34H40N8O10S2/c1-16-19(14-42(7-4-5-8-42)9-6-36-28(46)18-12-37-20-11-24(44)23(43)10-17(20)27(18)45)26(31(48)49)41-13-21(30(41)54-16)38-29(47)25(22-15-53-33(35)39-22)40-52-34(2,3)32(50)51/h10-12,15-16,21,30H,4-9,13-14H2,1-3H3,(H8-,35,36,37,38,39,40,43,44,45,46,47,48,49,50,51)/p+1. The average Bonchev–Trinajstić information content (AvgIpc) is 3.75. The number of thiazole rings is 1. The molecule has 0 radical (unpaired) electrons. The number of carboxylic acids is 2. The normalized spacial score (nSPS) is 21.0. The van der Waals surface area contributed by atoms with Crippen molar-refractivity contribution in [3.8, 4) is 11.5 Å². The molecule has 3 aliphatic rings. The van der Waals surface area contributed by atoms with Gasteiger partial charge in [-0.25, -0.2) is 14.6 Å². The molecule has 0 spiro atoms. The summed E-state index contributed by atoms with van der Waals surface area (Å²) >= 11 is 2.59. The van der Waals surface area contributed by atoms with Crippen LogP contribution in [-0.2, 0) is 19.2 Å². The number of oxime groups is 1. The minimum absolute atomic E-state index is 0.0519. The first kappa shape index (κ1) is 38.4. The maximum atomic E-state index is 13.5. The van der Waals surface area contributed by atoms with Crippen molar-refractivity contribution in [3.05, 3.63) is 56.5 Å². The smallest absolute Gasteiger partial charge is 0.352 e. The second-order valence-electron chi connectivity index (χ2n) is 14.0. The van der Waals surface area contributed by atoms with Crippen molar-refractivity contribution in [2.75, 3.05) is 45.0 Å². The first-order valence-electron chi connectivity index (χ1n) is 17.1. The van der Waals surface area contributed by atoms with E-state index in [0.717, 1.165) is 48.9 Å². The van der Waals surface area contributed by atoms with E-state index in [4.69, 9.17) is 10.6 Å². The molecule has 18 nitrogen and oxygen atoms in total. The Morgan fingerprint density at radius 2 is 1.87 bits per heavy atom. The number of aliphatic carboxylic acids is 2. The zero-order chi connectivity index (χ0) is 39.1. The number of pyridine rings is 1. The van der Waals surface area contributed by atoms with Crippen molar-refractivity contribution in [3.63, 3.8) is 0 Å². The third-order valence-electron chi connectivity index (χ3n) is 9.96. The van der Waals surface area contributed by atoms with Crippen molar-refractivity contribution in [1.82, 2.24) is 25.5 Å². The van der Waals surface area contributed by atoms with E-state index in [-0.39, 0.29) is 57.0 Å². The molecule has 9 N–H and O–H groups in total. The zero-order valence-electron chi connectivity index (χ0n) is 29.6. The van der Waals surface area contributed by atoms with E-state index in [0.29, 0.717) is 17.6 Å². The first-order chi connectivity index (χ1) is 25.5. The number of thioether (sulfide) groups is 1. The van der Waals surface area contributed by atoms with Gasteiger partial charge in [0.25, 0.3) is 11.8 Å². The van der Waals surface area contributed by atoms with Crippen molar-refractivity contribution in [2.45, 2.75) is 55.9 Å². The molecule has 3 unspecified atom stereocenters. The van der Waals surface area contributed by atoms with Gasteiger partial charge in [-0.05, 0) is 26.8 Å². The Labute approximate surface area is 316 Å². The number of likely N-dealkylation sites (tertiary alicyclic amines) is 1. The lowest BCUT2D eigenvalue weighted by Crippen LogP contribution is -2.68. The fraction of sp³-hybridized carbons (Fsp3) is 0.441. The molecule has 2 amide bonds. The number of nitrogens with one attached hydrogen (secondary N) is 3. The van der Waals surface area contributed by atoms with Gasteiger partial charge in [0.15, 0.2) is 22.3 Å². The second-order valence-corrected chi connectivity index (χ2v) is 16.4. The van der Waals surface area contributed by atoms with E-state index < -0.39 is 57.7 Å². The van der Waals surface area contributed by atoms with Crippen LogP contribution < -0.4 is 21.8 Å². The van der Waals surface area contributed by atoms with Crippen LogP contribution in [0.15, 0.2) is 44.9 Å². The maximum Gasteiger partial charge on any atom is 0.352 e. The molecule has 2 saturated heterocycles. The number of anilines is 1. The Morgan fingerprint density at radius 1 is 1.17 bits per heavy atom. The lowest BCUT2D eigenvalue weighted by Gasteiger charge is -2.54. The number of fused-ring (bicyclic) bond motifs is 2. The van der Waals surface area contributed by atoms with Gasteiger partial charge in [0, 0.05) is 47.9 Å². The number of amides is 2. The molecule has 3 aliphatic heterocycles. The molecule has 6 rings (SSSR count). The molecule has 1 aromatic carbocycles. The predicted molar refractivity (Wildman–Crippen MR) is 199 cm³/mol. The Morgan fingerprint density at radius 3 is 2.52 bits per heavy atom. The van der Waals surface area contributed by atoms with Crippen molar-refractivity contribution < 1.29 is 48.9 Å². The highest BCUT2D eigenvalue weighted by Gasteiger charge is 2.50. The van der Waals surface area contributed by atoms with Gasteiger partial charge in [-0.2, -0.15) is 0 Å². The molecule has 54 heavy (non-hydrogen) atoms. The van der Waals surface area contributed by atoms with E-state index in [1.165, 1.54) is 43.3 Å². The molecule has 0 saturated carbocycles. The molecule has 3 aromatic rings. The predicted octanol–water partition coefficient (Wildman–Crippen LogP) is 1.20. The number of benzene rings is 1. The highest BCUT2D eigenvalue weighted by Crippen LogP contribution is 2.44. The number of phenols is 2. The maximum absolute atomic E-state index is 13.5. The molecule has 5 heterocycles. The third kappa shape index (κ3) is 7.53. The van der Waals surface area contributed by atoms with Gasteiger partial charge in [-0.3, -0.25) is 14.4 Å². The van der Waals surface area contributed by atoms with Crippen LogP contribution >= 0.6 is 23.1 Å². The van der Waals surface area contributed by atoms with E-state index in [1.54, 1.807) is 4.90 Å². The van der Waals surface area contributed by atoms with Crippen LogP contribution in [0.2, 0.25) is 0 Å². The lowest BCUT2D eigenvalue weighted by molar-refractivity contribution is -0.911. The molecule has 2 fully saturated rings. The van der Waals surface area contributed by atoms with Crippen LogP contribution in [0.1, 0.15) is 49.7 Å². The SMILES string of the molecule is CC1SC2C(NC(=O)C(=NOC(C)(C)C(=O)O)c3csc(N)n3)CN2C(C(=O)O)=C1C[N+]1(CCNC(=O)c2c[nH]c3cc(O)c(O)cc3c2=O)CCCC1. The number of nitrogens with two attached hydrogens (primary N) is 1. The van der Waals surface area contributed by atoms with Gasteiger partial charge in [-0.15, -0.1) is 23.1 Å². The minimum atomic E-state index is -1.73. The van der Waals surface area contributed by atoms with Crippen LogP contribution in [0, 0.1) is 0 Å². The summed E-state index contributed by atoms with van der Waals surface area (Å²) in [5, 5.41) is 50.2. The Bertz CT molecular complexity index is 2140. The molecule has 288 valence electrons. The van der Waals surface area contributed by atoms with E-state index in [1.807, 2.05) is 6.92 Å². The number of hydrogen-bond donors (Lipinski definition) is 8. The van der Waals surface area contributed by atoms with Gasteiger partial charge >= 0.3 is 11.9 Å². The van der Waals surface area contributed by atoms with Crippen LogP contribution in [0.25, 0.3) is 10.9 Å². The number of carbonyl (C=O) groups is 4. The minimum Gasteiger partial charge on any atom is -0.504 e. The topological polar surface area (TPSA) is 270 Å². The van der Waals surface area contributed by atoms with E-state index in [9.17, 15) is 44.4 Å². The van der Waals surface area contributed by atoms with Gasteiger partial charge < -0.3 is 56.0 Å². The molecule has 20 heteroatoms. The molecular formula is C34H41N8O10S2+. The number of carboxylic acid groups (broad SMARTS) is 2. The fourth-order valence-electron chi connectivity index (χ4n) is 6.90. The van der Waals surface area contributed by atoms with E-state index in [2.05, 4.69) is 25.8 Å². The highest BCUT2D eigenvalue weighted by atomic mass is 32.2. The number of nitrogens with zero attached hydrogens (tertiary/aromatic N) is 4. The average molecular weight is 786 g/mol. The summed E-state index contributed by atoms with van der Waals surface area (Å²) in [5.74, 6) is -4.54. The third-order valence-corrected chi connectivity index (χ3v) is 12.2. The zero-order valence-corrected chi connectivity index (χ0v) is 31.3. The number of H-pyrrole nitrogens is 1. The fourth-order valence-corrected chi connectivity index (χ4v) is 8.90. The Balaban J connectivity index is 1.15. The van der Waals surface area contributed by atoms with Crippen LogP contribution in [-0.4, -0.2) is 131 Å². The number of quaternary nitrogens is 1. The van der Waals surface area contributed by atoms with Crippen LogP contribution in [0.3, 0.4) is 0 Å². The van der Waals surface area contributed by atoms with Gasteiger partial charge in [0.1, 0.15) is 23.5 Å². The Hall–Kier alpha value is -5.34. The summed E-state index contributed by atoms with van der Waals surface area (Å²) in [7, 11) is 0. The van der Waals surface area contributed by atoms with Crippen LogP contribution in [0.5, 0.6) is 11.5 Å². The monoisotopic (exact) mass is 785 g/mol. The number of phenolic OH excluding ortho intramolecular Hbond substituents is 2. The van der Waals surface area contributed by atoms with Gasteiger partial charge in [0.2, 0.25) is 11.0 Å². The summed E-state index contributed by atoms with van der Waals surface area (Å²) in [4.78, 5) is 78.0. The van der Waals surface area contributed by atoms with Crippen molar-refractivity contribution in [2.24, 2.45) is 5.16 Å². The number of carbonyl (C=O) groups excluding carboxylic acids is 2. The highest BCUT2D eigenvalue weighted by molar-refractivity contribution is 8.00. The number of rotatable bonds is 13. The number of aromatic hydroxyl groups is 2. The number of aromatic nitrogens is 2. The number of nitrogen functional groups attached to an aromatic ring is 1. The largest absolute Gasteiger partial charge is 0.504 e. The first-order valence-corrected chi connectivity index (χ1v) is 18.9. The van der Waals surface area contributed by atoms with Gasteiger partial charge in [-0.1, -0.05) is 5.16 Å². The molecule has 3 atom stereocenters. The summed E-state index contributed by atoms with van der Waals surface area (Å²) < 4.78 is 0.542. The summed E-state index contributed by atoms with van der Waals surface area (Å²) in [6.45, 7) is 7.39. The van der Waals surface area contributed by atoms with Crippen molar-refractivity contribution in [1.29, 1.82) is 0 Å². The molecule has 0 bridgehead atoms. The number of aromatic amines is 1. The molecule has 2 aromatic heterocycles. The summed E-state index contributed by atoms with van der Waals surface area (Å²) in [6.07, 6.45) is 3.11. The summed E-state index contributed by atoms with van der Waals surface area (Å²) in [6, 6.07) is 1.83. The quantitative estimate of drug-likeness (QED) is 0.0524. The van der Waals surface area contributed by atoms with Gasteiger partial charge in [0.05, 0.1) is 48.5 Å². The van der Waals surface area contributed by atoms with E-state index >= 15 is 0 Å². The Kier molecular flexibility index (Phi) is 10.5.